The SMILES string of the molecule is CCOC(=O)c1cccc2nc(C(O)C(=O)O)oc12. The molecule has 0 aliphatic carbocycles. The number of nitrogens with zero attached hydrogens (tertiary/aromatic N) is 1. The summed E-state index contributed by atoms with van der Waals surface area (Å²) in [7, 11) is 0. The van der Waals surface area contributed by atoms with Gasteiger partial charge >= 0.3 is 11.9 Å². The van der Waals surface area contributed by atoms with E-state index >= 15 is 0 Å². The Morgan fingerprint density at radius 2 is 2.21 bits per heavy atom. The molecule has 0 fully saturated rings. The van der Waals surface area contributed by atoms with E-state index in [0.29, 0.717) is 0 Å². The van der Waals surface area contributed by atoms with E-state index in [1.807, 2.05) is 0 Å². The Balaban J connectivity index is 2.50. The van der Waals surface area contributed by atoms with E-state index in [2.05, 4.69) is 4.98 Å². The van der Waals surface area contributed by atoms with E-state index in [-0.39, 0.29) is 29.2 Å². The molecule has 1 aromatic carbocycles. The Bertz CT molecular complexity index is 632. The van der Waals surface area contributed by atoms with Crippen molar-refractivity contribution in [3.8, 4) is 0 Å². The lowest BCUT2D eigenvalue weighted by Gasteiger charge is -2.01. The molecule has 0 spiro atoms. The molecular weight excluding hydrogens is 254 g/mol. The van der Waals surface area contributed by atoms with Gasteiger partial charge in [-0.3, -0.25) is 0 Å². The highest BCUT2D eigenvalue weighted by atomic mass is 16.5. The molecule has 1 atom stereocenters. The highest BCUT2D eigenvalue weighted by molar-refractivity contribution is 6.01. The molecule has 0 bridgehead atoms. The zero-order valence-electron chi connectivity index (χ0n) is 9.99. The smallest absolute Gasteiger partial charge is 0.342 e. The molecule has 7 nitrogen and oxygen atoms in total. The summed E-state index contributed by atoms with van der Waals surface area (Å²) in [6.07, 6.45) is -1.87. The first kappa shape index (κ1) is 13.0. The summed E-state index contributed by atoms with van der Waals surface area (Å²) >= 11 is 0. The van der Waals surface area contributed by atoms with Crippen LogP contribution in [0.2, 0.25) is 0 Å². The van der Waals surface area contributed by atoms with Crippen molar-refractivity contribution in [3.63, 3.8) is 0 Å². The predicted molar refractivity (Wildman–Crippen MR) is 62.6 cm³/mol. The minimum absolute atomic E-state index is 0.0938. The van der Waals surface area contributed by atoms with Crippen molar-refractivity contribution in [1.29, 1.82) is 0 Å². The number of esters is 1. The van der Waals surface area contributed by atoms with E-state index in [0.717, 1.165) is 0 Å². The van der Waals surface area contributed by atoms with Crippen molar-refractivity contribution < 1.29 is 29.0 Å². The number of carbonyl (C=O) groups excluding carboxylic acids is 1. The van der Waals surface area contributed by atoms with Gasteiger partial charge in [-0.25, -0.2) is 14.6 Å². The van der Waals surface area contributed by atoms with Crippen LogP contribution >= 0.6 is 0 Å². The molecule has 2 aromatic rings. The average Bonchev–Trinajstić information content (AvgIpc) is 2.81. The lowest BCUT2D eigenvalue weighted by molar-refractivity contribution is -0.148. The third-order valence-corrected chi connectivity index (χ3v) is 2.39. The third kappa shape index (κ3) is 2.41. The van der Waals surface area contributed by atoms with Gasteiger partial charge in [-0.05, 0) is 19.1 Å². The van der Waals surface area contributed by atoms with Crippen LogP contribution in [0.4, 0.5) is 0 Å². The molecule has 0 radical (unpaired) electrons. The molecule has 7 heteroatoms. The van der Waals surface area contributed by atoms with Gasteiger partial charge in [0.2, 0.25) is 12.0 Å². The quantitative estimate of drug-likeness (QED) is 0.797. The van der Waals surface area contributed by atoms with Crippen molar-refractivity contribution in [2.45, 2.75) is 13.0 Å². The second kappa shape index (κ2) is 5.07. The Labute approximate surface area is 107 Å². The van der Waals surface area contributed by atoms with E-state index < -0.39 is 18.0 Å². The summed E-state index contributed by atoms with van der Waals surface area (Å²) < 4.78 is 9.99. The predicted octanol–water partition coefficient (Wildman–Crippen LogP) is 1.12. The topological polar surface area (TPSA) is 110 Å². The first-order valence-corrected chi connectivity index (χ1v) is 5.52. The van der Waals surface area contributed by atoms with Gasteiger partial charge in [0.15, 0.2) is 5.58 Å². The fourth-order valence-corrected chi connectivity index (χ4v) is 1.56. The Morgan fingerprint density at radius 1 is 1.47 bits per heavy atom. The zero-order chi connectivity index (χ0) is 14.0. The number of aliphatic hydroxyl groups is 1. The van der Waals surface area contributed by atoms with Crippen LogP contribution in [0.25, 0.3) is 11.1 Å². The largest absolute Gasteiger partial charge is 0.479 e. The zero-order valence-corrected chi connectivity index (χ0v) is 9.99. The maximum absolute atomic E-state index is 11.7. The first-order chi connectivity index (χ1) is 9.04. The lowest BCUT2D eigenvalue weighted by atomic mass is 10.2. The average molecular weight is 265 g/mol. The van der Waals surface area contributed by atoms with Crippen LogP contribution in [0.1, 0.15) is 29.3 Å². The first-order valence-electron chi connectivity index (χ1n) is 5.52. The second-order valence-electron chi connectivity index (χ2n) is 3.67. The van der Waals surface area contributed by atoms with Gasteiger partial charge in [-0.1, -0.05) is 6.07 Å². The van der Waals surface area contributed by atoms with Crippen molar-refractivity contribution in [2.24, 2.45) is 0 Å². The standard InChI is InChI=1S/C12H11NO6/c1-2-18-12(17)6-4-3-5-7-9(6)19-10(13-7)8(14)11(15)16/h3-5,8,14H,2H2,1H3,(H,15,16). The van der Waals surface area contributed by atoms with Crippen molar-refractivity contribution in [1.82, 2.24) is 4.98 Å². The Kier molecular flexibility index (Phi) is 3.48. The molecule has 1 heterocycles. The second-order valence-corrected chi connectivity index (χ2v) is 3.67. The number of oxazole rings is 1. The van der Waals surface area contributed by atoms with Crippen LogP contribution in [0.3, 0.4) is 0 Å². The van der Waals surface area contributed by atoms with Gasteiger partial charge in [0.1, 0.15) is 11.1 Å². The number of hydrogen-bond acceptors (Lipinski definition) is 6. The molecule has 2 N–H and O–H groups in total. The van der Waals surface area contributed by atoms with Crippen LogP contribution in [0.5, 0.6) is 0 Å². The summed E-state index contributed by atoms with van der Waals surface area (Å²) in [4.78, 5) is 26.2. The summed E-state index contributed by atoms with van der Waals surface area (Å²) in [6, 6.07) is 4.58. The van der Waals surface area contributed by atoms with Crippen LogP contribution in [-0.4, -0.2) is 33.7 Å². The molecule has 0 aliphatic rings. The number of benzene rings is 1. The van der Waals surface area contributed by atoms with Gasteiger partial charge in [0, 0.05) is 0 Å². The summed E-state index contributed by atoms with van der Waals surface area (Å²) in [5.74, 6) is -2.45. The van der Waals surface area contributed by atoms with Crippen molar-refractivity contribution in [3.05, 3.63) is 29.7 Å². The van der Waals surface area contributed by atoms with Crippen LogP contribution in [0.15, 0.2) is 22.6 Å². The van der Waals surface area contributed by atoms with E-state index in [4.69, 9.17) is 14.3 Å². The summed E-state index contributed by atoms with van der Waals surface area (Å²) in [5.41, 5.74) is 0.507. The Morgan fingerprint density at radius 3 is 2.84 bits per heavy atom. The number of aliphatic hydroxyl groups excluding tert-OH is 1. The molecular formula is C12H11NO6. The van der Waals surface area contributed by atoms with Crippen LogP contribution in [-0.2, 0) is 9.53 Å². The van der Waals surface area contributed by atoms with Gasteiger partial charge < -0.3 is 19.4 Å². The molecule has 0 amide bonds. The molecule has 0 saturated heterocycles. The number of hydrogen-bond donors (Lipinski definition) is 2. The third-order valence-electron chi connectivity index (χ3n) is 2.39. The van der Waals surface area contributed by atoms with Gasteiger partial charge in [0.05, 0.1) is 6.61 Å². The number of carboxylic acids is 1. The van der Waals surface area contributed by atoms with Crippen LogP contribution < -0.4 is 0 Å². The van der Waals surface area contributed by atoms with Crippen molar-refractivity contribution in [2.75, 3.05) is 6.61 Å². The molecule has 2 rings (SSSR count). The number of carbonyl (C=O) groups is 2. The monoisotopic (exact) mass is 265 g/mol. The van der Waals surface area contributed by atoms with Gasteiger partial charge in [-0.2, -0.15) is 0 Å². The highest BCUT2D eigenvalue weighted by Crippen LogP contribution is 2.24. The molecule has 0 saturated carbocycles. The lowest BCUT2D eigenvalue weighted by Crippen LogP contribution is -2.10. The number of ether oxygens (including phenoxy) is 1. The number of rotatable bonds is 4. The minimum Gasteiger partial charge on any atom is -0.479 e. The maximum Gasteiger partial charge on any atom is 0.342 e. The number of carboxylic acid groups (broad SMARTS) is 1. The fourth-order valence-electron chi connectivity index (χ4n) is 1.56. The summed E-state index contributed by atoms with van der Waals surface area (Å²) in [6.45, 7) is 1.87. The van der Waals surface area contributed by atoms with Gasteiger partial charge in [-0.15, -0.1) is 0 Å². The minimum atomic E-state index is -1.87. The number of aliphatic carboxylic acids is 1. The number of para-hydroxylation sites is 1. The molecule has 0 aliphatic heterocycles. The molecule has 1 unspecified atom stereocenters. The van der Waals surface area contributed by atoms with Gasteiger partial charge in [0.25, 0.3) is 0 Å². The normalized spacial score (nSPS) is 12.3. The fraction of sp³-hybridized carbons (Fsp3) is 0.250. The van der Waals surface area contributed by atoms with E-state index in [1.54, 1.807) is 19.1 Å². The van der Waals surface area contributed by atoms with Crippen molar-refractivity contribution >= 4 is 23.0 Å². The molecule has 19 heavy (non-hydrogen) atoms. The molecule has 1 aromatic heterocycles. The van der Waals surface area contributed by atoms with E-state index in [1.165, 1.54) is 6.07 Å². The van der Waals surface area contributed by atoms with E-state index in [9.17, 15) is 14.7 Å². The summed E-state index contributed by atoms with van der Waals surface area (Å²) in [5, 5.41) is 18.0. The highest BCUT2D eigenvalue weighted by Gasteiger charge is 2.24. The molecule has 100 valence electrons. The Hall–Kier alpha value is -2.41. The maximum atomic E-state index is 11.7. The number of fused-ring (bicyclic) bond motifs is 1. The van der Waals surface area contributed by atoms with Crippen LogP contribution in [0, 0.1) is 0 Å². The number of aromatic nitrogens is 1.